The van der Waals surface area contributed by atoms with Crippen molar-refractivity contribution >= 4 is 0 Å². The molecule has 0 aromatic carbocycles. The van der Waals surface area contributed by atoms with Gasteiger partial charge >= 0.3 is 21.1 Å². The summed E-state index contributed by atoms with van der Waals surface area (Å²) in [5.74, 6) is 0. The van der Waals surface area contributed by atoms with Gasteiger partial charge in [-0.1, -0.05) is 12.2 Å². The second-order valence-corrected chi connectivity index (χ2v) is 2.69. The first kappa shape index (κ1) is 22.8. The summed E-state index contributed by atoms with van der Waals surface area (Å²) in [4.78, 5) is 0. The quantitative estimate of drug-likeness (QED) is 0.566. The van der Waals surface area contributed by atoms with Crippen molar-refractivity contribution in [1.29, 1.82) is 0 Å². The van der Waals surface area contributed by atoms with Crippen LogP contribution in [0.25, 0.3) is 0 Å². The average molecular weight is 351 g/mol. The molecule has 0 saturated heterocycles. The Morgan fingerprint density at radius 2 is 1.42 bits per heavy atom. The van der Waals surface area contributed by atoms with Gasteiger partial charge in [0.05, 0.1) is 0 Å². The first-order valence-electron chi connectivity index (χ1n) is 3.11. The van der Waals surface area contributed by atoms with E-state index in [0.29, 0.717) is 5.54 Å². The molecule has 76 valence electrons. The Kier molecular flexibility index (Phi) is 18.0. The van der Waals surface area contributed by atoms with Crippen LogP contribution in [0.3, 0.4) is 0 Å². The maximum Gasteiger partial charge on any atom is 4.00 e. The fourth-order valence-corrected chi connectivity index (χ4v) is 0.974. The van der Waals surface area contributed by atoms with Crippen molar-refractivity contribution in [3.8, 4) is 0 Å². The average Bonchev–Trinajstić information content (AvgIpc) is 2.17. The van der Waals surface area contributed by atoms with E-state index in [1.165, 1.54) is 12.8 Å². The summed E-state index contributed by atoms with van der Waals surface area (Å²) in [6.45, 7) is 2.24. The van der Waals surface area contributed by atoms with E-state index in [-0.39, 0.29) is 43.3 Å². The summed E-state index contributed by atoms with van der Waals surface area (Å²) in [7, 11) is 2.02. The van der Waals surface area contributed by atoms with Crippen LogP contribution in [-0.2, 0) is 21.1 Å². The Balaban J connectivity index is -0.0000000800. The number of hydrogen-bond acceptors (Lipinski definition) is 1. The fourth-order valence-electron chi connectivity index (χ4n) is 0.974. The topological polar surface area (TPSA) is 12.0 Å². The normalized spacial score (nSPS) is 16.2. The van der Waals surface area contributed by atoms with E-state index < -0.39 is 0 Å². The minimum absolute atomic E-state index is 0. The first-order valence-corrected chi connectivity index (χ1v) is 3.11. The maximum absolute atomic E-state index is 3.28. The van der Waals surface area contributed by atoms with E-state index in [4.69, 9.17) is 0 Å². The van der Waals surface area contributed by atoms with Crippen LogP contribution in [0.1, 0.15) is 19.8 Å². The van der Waals surface area contributed by atoms with E-state index in [2.05, 4.69) is 24.4 Å². The second kappa shape index (κ2) is 9.48. The standard InChI is InChI=1S/C7H13N.3CH3.Pt/c1-7(8-2)5-3-4-6-7;;;;/h3-4,8H,5-6H2,1-2H3;3*1H3;/q;3*-1;+4. The Bertz CT molecular complexity index is 102. The second-order valence-electron chi connectivity index (χ2n) is 2.69. The Hall–Kier alpha value is 0.388. The van der Waals surface area contributed by atoms with Crippen molar-refractivity contribution in [2.75, 3.05) is 7.05 Å². The van der Waals surface area contributed by atoms with Gasteiger partial charge in [0.2, 0.25) is 0 Å². The van der Waals surface area contributed by atoms with Gasteiger partial charge in [0.25, 0.3) is 0 Å². The fraction of sp³-hybridized carbons (Fsp3) is 0.500. The molecule has 0 amide bonds. The third-order valence-corrected chi connectivity index (χ3v) is 1.91. The Morgan fingerprint density at radius 1 is 1.08 bits per heavy atom. The van der Waals surface area contributed by atoms with E-state index in [0.717, 1.165) is 0 Å². The Labute approximate surface area is 93.3 Å². The predicted molar refractivity (Wildman–Crippen MR) is 55.1 cm³/mol. The number of nitrogens with one attached hydrogen (secondary N) is 1. The molecule has 0 radical (unpaired) electrons. The zero-order valence-electron chi connectivity index (χ0n) is 8.89. The van der Waals surface area contributed by atoms with Crippen molar-refractivity contribution in [3.63, 3.8) is 0 Å². The van der Waals surface area contributed by atoms with Crippen molar-refractivity contribution in [3.05, 3.63) is 34.4 Å². The molecule has 0 spiro atoms. The van der Waals surface area contributed by atoms with Gasteiger partial charge in [-0.25, -0.2) is 0 Å². The minimum atomic E-state index is 0. The summed E-state index contributed by atoms with van der Waals surface area (Å²) < 4.78 is 0. The molecule has 0 atom stereocenters. The van der Waals surface area contributed by atoms with E-state index in [1.807, 2.05) is 7.05 Å². The molecule has 1 rings (SSSR count). The molecule has 0 aromatic heterocycles. The molecule has 1 N–H and O–H groups in total. The molecule has 0 saturated carbocycles. The van der Waals surface area contributed by atoms with Crippen LogP contribution in [0.5, 0.6) is 0 Å². The number of hydrogen-bond donors (Lipinski definition) is 1. The molecular weight excluding hydrogens is 329 g/mol. The molecule has 0 fully saturated rings. The van der Waals surface area contributed by atoms with Gasteiger partial charge < -0.3 is 27.6 Å². The molecule has 12 heavy (non-hydrogen) atoms. The van der Waals surface area contributed by atoms with Crippen LogP contribution in [0.2, 0.25) is 0 Å². The summed E-state index contributed by atoms with van der Waals surface area (Å²) in [6, 6.07) is 0. The van der Waals surface area contributed by atoms with E-state index >= 15 is 0 Å². The van der Waals surface area contributed by atoms with Crippen LogP contribution in [0, 0.1) is 22.3 Å². The molecule has 0 heterocycles. The SMILES string of the molecule is CNC1(C)CC=CC1.[CH3-].[CH3-].[CH3-].[Pt+4]. The van der Waals surface area contributed by atoms with Crippen molar-refractivity contribution < 1.29 is 21.1 Å². The van der Waals surface area contributed by atoms with Crippen LogP contribution < -0.4 is 5.32 Å². The van der Waals surface area contributed by atoms with Gasteiger partial charge in [-0.2, -0.15) is 0 Å². The molecule has 1 nitrogen and oxygen atoms in total. The maximum atomic E-state index is 3.28. The van der Waals surface area contributed by atoms with Gasteiger partial charge in [-0.05, 0) is 26.8 Å². The summed E-state index contributed by atoms with van der Waals surface area (Å²) in [6.07, 6.45) is 6.83. The monoisotopic (exact) mass is 351 g/mol. The molecular formula is C10H22NPt+. The minimum Gasteiger partial charge on any atom is -0.358 e. The van der Waals surface area contributed by atoms with E-state index in [9.17, 15) is 0 Å². The van der Waals surface area contributed by atoms with Crippen molar-refractivity contribution in [2.45, 2.75) is 25.3 Å². The molecule has 0 aliphatic heterocycles. The van der Waals surface area contributed by atoms with Crippen molar-refractivity contribution in [2.24, 2.45) is 0 Å². The van der Waals surface area contributed by atoms with Gasteiger partial charge in [-0.3, -0.25) is 0 Å². The molecule has 0 aromatic rings. The smallest absolute Gasteiger partial charge is 0.358 e. The predicted octanol–water partition coefficient (Wildman–Crippen LogP) is 2.66. The van der Waals surface area contributed by atoms with Gasteiger partial charge in [0.15, 0.2) is 0 Å². The first-order chi connectivity index (χ1) is 3.77. The Morgan fingerprint density at radius 3 is 1.58 bits per heavy atom. The summed E-state index contributed by atoms with van der Waals surface area (Å²) >= 11 is 0. The molecule has 0 bridgehead atoms. The summed E-state index contributed by atoms with van der Waals surface area (Å²) in [5, 5.41) is 3.28. The van der Waals surface area contributed by atoms with E-state index in [1.54, 1.807) is 0 Å². The van der Waals surface area contributed by atoms with Crippen LogP contribution in [0.4, 0.5) is 0 Å². The third-order valence-electron chi connectivity index (χ3n) is 1.91. The molecule has 1 aliphatic carbocycles. The van der Waals surface area contributed by atoms with Gasteiger partial charge in [0.1, 0.15) is 0 Å². The van der Waals surface area contributed by atoms with Gasteiger partial charge in [-0.15, -0.1) is 0 Å². The molecule has 0 unspecified atom stereocenters. The molecule has 2 heteroatoms. The van der Waals surface area contributed by atoms with Crippen molar-refractivity contribution in [1.82, 2.24) is 5.32 Å². The zero-order chi connectivity index (χ0) is 6.04. The molecule has 1 aliphatic rings. The number of rotatable bonds is 1. The summed E-state index contributed by atoms with van der Waals surface area (Å²) in [5.41, 5.74) is 0.375. The zero-order valence-corrected chi connectivity index (χ0v) is 11.2. The van der Waals surface area contributed by atoms with Gasteiger partial charge in [0, 0.05) is 5.54 Å². The van der Waals surface area contributed by atoms with Crippen LogP contribution >= 0.6 is 0 Å². The van der Waals surface area contributed by atoms with Crippen LogP contribution in [-0.4, -0.2) is 12.6 Å². The van der Waals surface area contributed by atoms with Crippen LogP contribution in [0.15, 0.2) is 12.2 Å². The third kappa shape index (κ3) is 5.97. The largest absolute Gasteiger partial charge is 4.00 e.